The van der Waals surface area contributed by atoms with Crippen LogP contribution in [0, 0.1) is 6.92 Å². The normalized spacial score (nSPS) is 10.9. The number of nitrogens with zero attached hydrogens (tertiary/aromatic N) is 2. The van der Waals surface area contributed by atoms with Gasteiger partial charge >= 0.3 is 0 Å². The lowest BCUT2D eigenvalue weighted by molar-refractivity contribution is 0.464. The van der Waals surface area contributed by atoms with Crippen molar-refractivity contribution in [2.75, 3.05) is 0 Å². The van der Waals surface area contributed by atoms with E-state index >= 15 is 0 Å². The predicted molar refractivity (Wildman–Crippen MR) is 117 cm³/mol. The summed E-state index contributed by atoms with van der Waals surface area (Å²) in [6.07, 6.45) is 4.43. The number of aryl methyl sites for hydroxylation is 1. The van der Waals surface area contributed by atoms with Crippen LogP contribution >= 0.6 is 31.9 Å². The van der Waals surface area contributed by atoms with Crippen LogP contribution in [-0.4, -0.2) is 14.7 Å². The van der Waals surface area contributed by atoms with Crippen LogP contribution in [0.1, 0.15) is 17.0 Å². The number of phenolic OH excluding ortho intramolecular Hbond substituents is 1. The molecule has 0 atom stereocenters. The van der Waals surface area contributed by atoms with Gasteiger partial charge < -0.3 is 5.11 Å². The Balaban J connectivity index is 2.36. The molecule has 3 aromatic rings. The third-order valence-electron chi connectivity index (χ3n) is 4.30. The van der Waals surface area contributed by atoms with E-state index in [1.54, 1.807) is 41.8 Å². The number of aromatic hydroxyl groups is 1. The average Bonchev–Trinajstić information content (AvgIpc) is 2.60. The van der Waals surface area contributed by atoms with E-state index in [0.717, 1.165) is 8.95 Å². The lowest BCUT2D eigenvalue weighted by atomic mass is 10.0. The van der Waals surface area contributed by atoms with Gasteiger partial charge in [-0.3, -0.25) is 9.36 Å². The van der Waals surface area contributed by atoms with Gasteiger partial charge in [-0.25, -0.2) is 4.98 Å². The highest BCUT2D eigenvalue weighted by molar-refractivity contribution is 9.11. The van der Waals surface area contributed by atoms with Crippen LogP contribution < -0.4 is 5.56 Å². The third-order valence-corrected chi connectivity index (χ3v) is 5.36. The minimum atomic E-state index is -0.167. The minimum absolute atomic E-state index is 0.167. The first-order valence-corrected chi connectivity index (χ1v) is 9.91. The fraction of sp³-hybridized carbons (Fsp3) is 0.143. The third kappa shape index (κ3) is 3.64. The lowest BCUT2D eigenvalue weighted by Crippen LogP contribution is -2.22. The molecule has 3 rings (SSSR count). The van der Waals surface area contributed by atoms with Gasteiger partial charge in [0.25, 0.3) is 5.56 Å². The molecule has 0 aliphatic rings. The molecule has 0 unspecified atom stereocenters. The highest BCUT2D eigenvalue weighted by Crippen LogP contribution is 2.29. The molecule has 0 saturated heterocycles. The Morgan fingerprint density at radius 2 is 1.70 bits per heavy atom. The van der Waals surface area contributed by atoms with Gasteiger partial charge in [0.05, 0.1) is 16.6 Å². The summed E-state index contributed by atoms with van der Waals surface area (Å²) in [6, 6.07) is 7.24. The Kier molecular flexibility index (Phi) is 5.67. The van der Waals surface area contributed by atoms with Crippen molar-refractivity contribution >= 4 is 42.8 Å². The van der Waals surface area contributed by atoms with Crippen molar-refractivity contribution in [3.8, 4) is 11.4 Å². The molecule has 1 aromatic heterocycles. The number of aromatic nitrogens is 2. The van der Waals surface area contributed by atoms with Crippen LogP contribution in [0.25, 0.3) is 16.6 Å². The summed E-state index contributed by atoms with van der Waals surface area (Å²) in [5, 5.41) is 11.0. The van der Waals surface area contributed by atoms with Gasteiger partial charge in [-0.2, -0.15) is 0 Å². The Labute approximate surface area is 174 Å². The van der Waals surface area contributed by atoms with Gasteiger partial charge in [-0.15, -0.1) is 13.2 Å². The second-order valence-electron chi connectivity index (χ2n) is 6.18. The zero-order chi connectivity index (χ0) is 19.7. The molecule has 2 aromatic carbocycles. The van der Waals surface area contributed by atoms with Crippen molar-refractivity contribution in [1.82, 2.24) is 9.55 Å². The Bertz CT molecular complexity index is 1100. The first kappa shape index (κ1) is 19.6. The highest BCUT2D eigenvalue weighted by Gasteiger charge is 2.16. The van der Waals surface area contributed by atoms with Gasteiger partial charge in [0.1, 0.15) is 11.6 Å². The number of phenols is 1. The maximum atomic E-state index is 13.3. The van der Waals surface area contributed by atoms with E-state index in [1.165, 1.54) is 0 Å². The van der Waals surface area contributed by atoms with E-state index in [9.17, 15) is 9.90 Å². The Morgan fingerprint density at radius 1 is 1.11 bits per heavy atom. The Morgan fingerprint density at radius 3 is 2.26 bits per heavy atom. The van der Waals surface area contributed by atoms with Crippen LogP contribution in [0.2, 0.25) is 0 Å². The van der Waals surface area contributed by atoms with Crippen LogP contribution in [0.5, 0.6) is 5.75 Å². The minimum Gasteiger partial charge on any atom is -0.507 e. The van der Waals surface area contributed by atoms with E-state index in [2.05, 4.69) is 50.0 Å². The molecule has 0 fully saturated rings. The van der Waals surface area contributed by atoms with Gasteiger partial charge in [-0.05, 0) is 71.1 Å². The van der Waals surface area contributed by atoms with Crippen LogP contribution in [0.4, 0.5) is 0 Å². The van der Waals surface area contributed by atoms with Gasteiger partial charge in [0.2, 0.25) is 0 Å². The number of benzene rings is 2. The molecular weight excluding hydrogens is 472 g/mol. The maximum Gasteiger partial charge on any atom is 0.266 e. The summed E-state index contributed by atoms with van der Waals surface area (Å²) in [4.78, 5) is 17.9. The van der Waals surface area contributed by atoms with E-state index in [-0.39, 0.29) is 11.3 Å². The van der Waals surface area contributed by atoms with Crippen molar-refractivity contribution in [3.05, 3.63) is 85.8 Å². The largest absolute Gasteiger partial charge is 0.507 e. The van der Waals surface area contributed by atoms with Crippen LogP contribution in [-0.2, 0) is 12.8 Å². The van der Waals surface area contributed by atoms with Crippen molar-refractivity contribution in [2.45, 2.75) is 19.8 Å². The molecule has 0 radical (unpaired) electrons. The fourth-order valence-electron chi connectivity index (χ4n) is 3.12. The first-order chi connectivity index (χ1) is 12.9. The number of allylic oxidation sites excluding steroid dienone is 2. The smallest absolute Gasteiger partial charge is 0.266 e. The molecule has 0 amide bonds. The summed E-state index contributed by atoms with van der Waals surface area (Å²) in [5.74, 6) is 0.777. The van der Waals surface area contributed by atoms with Crippen molar-refractivity contribution in [1.29, 1.82) is 0 Å². The lowest BCUT2D eigenvalue weighted by Gasteiger charge is -2.16. The zero-order valence-corrected chi connectivity index (χ0v) is 18.0. The Hall–Kier alpha value is -2.18. The fourth-order valence-corrected chi connectivity index (χ4v) is 4.43. The standard InChI is InChI=1S/C21H18Br2N2O2/c1-4-6-13-8-16(9-14(7-5-2)20(13)26)25-12(3)24-19-17(21(25)27)10-15(22)11-18(19)23/h4-5,8-11,26H,1-2,6-7H2,3H3. The van der Waals surface area contributed by atoms with Crippen LogP contribution in [0.3, 0.4) is 0 Å². The monoisotopic (exact) mass is 488 g/mol. The maximum absolute atomic E-state index is 13.3. The molecule has 0 saturated carbocycles. The van der Waals surface area contributed by atoms with Gasteiger partial charge in [0, 0.05) is 8.95 Å². The highest BCUT2D eigenvalue weighted by atomic mass is 79.9. The second kappa shape index (κ2) is 7.82. The zero-order valence-electron chi connectivity index (χ0n) is 14.8. The summed E-state index contributed by atoms with van der Waals surface area (Å²) >= 11 is 6.90. The van der Waals surface area contributed by atoms with E-state index in [1.807, 2.05) is 6.07 Å². The van der Waals surface area contributed by atoms with Gasteiger partial charge in [-0.1, -0.05) is 28.1 Å². The number of rotatable bonds is 5. The molecule has 0 aliphatic heterocycles. The van der Waals surface area contributed by atoms with Gasteiger partial charge in [0.15, 0.2) is 0 Å². The number of hydrogen-bond donors (Lipinski definition) is 1. The number of fused-ring (bicyclic) bond motifs is 1. The summed E-state index contributed by atoms with van der Waals surface area (Å²) in [5.41, 5.74) is 2.53. The molecule has 4 nitrogen and oxygen atoms in total. The molecule has 138 valence electrons. The molecule has 0 bridgehead atoms. The predicted octanol–water partition coefficient (Wildman–Crippen LogP) is 5.38. The van der Waals surface area contributed by atoms with E-state index < -0.39 is 0 Å². The van der Waals surface area contributed by atoms with Crippen molar-refractivity contribution in [3.63, 3.8) is 0 Å². The molecule has 1 N–H and O–H groups in total. The molecule has 6 heteroatoms. The van der Waals surface area contributed by atoms with Crippen molar-refractivity contribution in [2.24, 2.45) is 0 Å². The SMILES string of the molecule is C=CCc1cc(-n2c(C)nc3c(Br)cc(Br)cc3c2=O)cc(CC=C)c1O. The molecule has 27 heavy (non-hydrogen) atoms. The van der Waals surface area contributed by atoms with Crippen LogP contribution in [0.15, 0.2) is 63.3 Å². The first-order valence-electron chi connectivity index (χ1n) is 8.32. The molecule has 0 spiro atoms. The molecular formula is C21H18Br2N2O2. The number of hydrogen-bond acceptors (Lipinski definition) is 3. The molecule has 1 heterocycles. The summed E-state index contributed by atoms with van der Waals surface area (Å²) in [6.45, 7) is 9.29. The topological polar surface area (TPSA) is 55.1 Å². The summed E-state index contributed by atoms with van der Waals surface area (Å²) < 4.78 is 3.12. The quantitative estimate of drug-likeness (QED) is 0.489. The second-order valence-corrected chi connectivity index (χ2v) is 7.95. The summed E-state index contributed by atoms with van der Waals surface area (Å²) in [7, 11) is 0. The van der Waals surface area contributed by atoms with E-state index in [0.29, 0.717) is 46.4 Å². The van der Waals surface area contributed by atoms with E-state index in [4.69, 9.17) is 0 Å². The molecule has 0 aliphatic carbocycles. The number of halogens is 2. The van der Waals surface area contributed by atoms with Crippen molar-refractivity contribution < 1.29 is 5.11 Å². The average molecular weight is 490 g/mol.